The molecule has 0 saturated carbocycles. The Morgan fingerprint density at radius 1 is 0.464 bits per heavy atom. The Hall–Kier alpha value is -2.82. The highest BCUT2D eigenvalue weighted by Crippen LogP contribution is 2.47. The number of fused-ring (bicyclic) bond motifs is 4. The maximum absolute atomic E-state index is 5.71. The Labute approximate surface area is 173 Å². The van der Waals surface area contributed by atoms with Gasteiger partial charge in [0, 0.05) is 19.6 Å². The highest BCUT2D eigenvalue weighted by Gasteiger charge is 2.15. The van der Waals surface area contributed by atoms with Crippen LogP contribution >= 0.6 is 23.5 Å². The van der Waals surface area contributed by atoms with E-state index in [1.165, 1.54) is 19.6 Å². The van der Waals surface area contributed by atoms with Gasteiger partial charge in [-0.1, -0.05) is 72.1 Å². The van der Waals surface area contributed by atoms with Crippen LogP contribution in [-0.2, 0) is 0 Å². The lowest BCUT2D eigenvalue weighted by atomic mass is 10.2. The summed E-state index contributed by atoms with van der Waals surface area (Å²) in [5.74, 6) is 1.76. The maximum Gasteiger partial charge on any atom is 0.150 e. The van der Waals surface area contributed by atoms with Crippen LogP contribution < -0.4 is 10.1 Å². The summed E-state index contributed by atoms with van der Waals surface area (Å²) in [4.78, 5) is 5.49. The molecule has 6 rings (SSSR count). The number of hydrogen-bond acceptors (Lipinski definition) is 4. The fourth-order valence-corrected chi connectivity index (χ4v) is 5.29. The summed E-state index contributed by atoms with van der Waals surface area (Å²) >= 11 is 3.72. The van der Waals surface area contributed by atoms with Crippen molar-refractivity contribution in [2.45, 2.75) is 19.6 Å². The van der Waals surface area contributed by atoms with Crippen molar-refractivity contribution in [3.8, 4) is 11.5 Å². The predicted octanol–water partition coefficient (Wildman–Crippen LogP) is 7.84. The van der Waals surface area contributed by atoms with E-state index in [0.717, 1.165) is 22.9 Å². The molecule has 0 amide bonds. The lowest BCUT2D eigenvalue weighted by Crippen LogP contribution is -2.01. The van der Waals surface area contributed by atoms with Gasteiger partial charge in [-0.25, -0.2) is 0 Å². The van der Waals surface area contributed by atoms with E-state index in [0.29, 0.717) is 0 Å². The van der Waals surface area contributed by atoms with Crippen molar-refractivity contribution in [3.05, 3.63) is 97.1 Å². The Balaban J connectivity index is 0.000000122. The van der Waals surface area contributed by atoms with Gasteiger partial charge in [-0.3, -0.25) is 0 Å². The summed E-state index contributed by atoms with van der Waals surface area (Å²) < 4.78 is 5.71. The van der Waals surface area contributed by atoms with Gasteiger partial charge < -0.3 is 10.1 Å². The molecule has 28 heavy (non-hydrogen) atoms. The minimum Gasteiger partial charge on any atom is -0.453 e. The van der Waals surface area contributed by atoms with Gasteiger partial charge >= 0.3 is 0 Å². The number of hydrogen-bond donors (Lipinski definition) is 1. The molecule has 0 atom stereocenters. The number of anilines is 2. The van der Waals surface area contributed by atoms with Crippen LogP contribution in [0.3, 0.4) is 0 Å². The van der Waals surface area contributed by atoms with Crippen LogP contribution in [-0.4, -0.2) is 0 Å². The Kier molecular flexibility index (Phi) is 4.73. The molecule has 4 aromatic rings. The van der Waals surface area contributed by atoms with Crippen LogP contribution in [0.4, 0.5) is 11.4 Å². The van der Waals surface area contributed by atoms with Gasteiger partial charge in [0.1, 0.15) is 0 Å². The average Bonchev–Trinajstić information content (AvgIpc) is 2.76. The second kappa shape index (κ2) is 7.66. The highest BCUT2D eigenvalue weighted by atomic mass is 32.2. The Morgan fingerprint density at radius 3 is 1.25 bits per heavy atom. The SMILES string of the molecule is c1ccc2c(c1)Nc1ccccc1O2.c1ccc2c(c1)Sc1ccccc1S2. The summed E-state index contributed by atoms with van der Waals surface area (Å²) in [5, 5.41) is 3.32. The summed E-state index contributed by atoms with van der Waals surface area (Å²) in [7, 11) is 0. The lowest BCUT2D eigenvalue weighted by Gasteiger charge is -2.20. The van der Waals surface area contributed by atoms with Gasteiger partial charge in [0.15, 0.2) is 11.5 Å². The molecule has 2 heterocycles. The van der Waals surface area contributed by atoms with E-state index in [9.17, 15) is 0 Å². The van der Waals surface area contributed by atoms with E-state index in [4.69, 9.17) is 4.74 Å². The molecule has 0 spiro atoms. The van der Waals surface area contributed by atoms with Crippen LogP contribution in [0.2, 0.25) is 0 Å². The van der Waals surface area contributed by atoms with Crippen molar-refractivity contribution in [2.24, 2.45) is 0 Å². The molecule has 136 valence electrons. The quantitative estimate of drug-likeness (QED) is 0.281. The Bertz CT molecular complexity index is 877. The average molecular weight is 400 g/mol. The lowest BCUT2D eigenvalue weighted by molar-refractivity contribution is 0.481. The minimum atomic E-state index is 0.881. The van der Waals surface area contributed by atoms with Crippen LogP contribution in [0.25, 0.3) is 0 Å². The van der Waals surface area contributed by atoms with Gasteiger partial charge in [0.2, 0.25) is 0 Å². The smallest absolute Gasteiger partial charge is 0.150 e. The summed E-state index contributed by atoms with van der Waals surface area (Å²) in [5.41, 5.74) is 2.04. The van der Waals surface area contributed by atoms with E-state index in [-0.39, 0.29) is 0 Å². The molecule has 2 nitrogen and oxygen atoms in total. The van der Waals surface area contributed by atoms with Crippen molar-refractivity contribution in [3.63, 3.8) is 0 Å². The molecule has 0 unspecified atom stereocenters. The van der Waals surface area contributed by atoms with Gasteiger partial charge in [0.05, 0.1) is 11.4 Å². The zero-order valence-corrected chi connectivity index (χ0v) is 16.6. The zero-order valence-electron chi connectivity index (χ0n) is 15.0. The number of nitrogens with one attached hydrogen (secondary N) is 1. The fraction of sp³-hybridized carbons (Fsp3) is 0. The van der Waals surface area contributed by atoms with E-state index in [2.05, 4.69) is 53.8 Å². The largest absolute Gasteiger partial charge is 0.453 e. The summed E-state index contributed by atoms with van der Waals surface area (Å²) in [6.07, 6.45) is 0. The molecule has 0 bridgehead atoms. The van der Waals surface area contributed by atoms with E-state index in [1.807, 2.05) is 72.1 Å². The van der Waals surface area contributed by atoms with Crippen LogP contribution in [0.5, 0.6) is 11.5 Å². The topological polar surface area (TPSA) is 21.3 Å². The van der Waals surface area contributed by atoms with Gasteiger partial charge in [-0.2, -0.15) is 0 Å². The van der Waals surface area contributed by atoms with Crippen molar-refractivity contribution >= 4 is 34.9 Å². The molecule has 4 heteroatoms. The van der Waals surface area contributed by atoms with E-state index < -0.39 is 0 Å². The first-order valence-electron chi connectivity index (χ1n) is 9.03. The molecular formula is C24H17NOS2. The number of rotatable bonds is 0. The van der Waals surface area contributed by atoms with Crippen molar-refractivity contribution in [2.75, 3.05) is 5.32 Å². The normalized spacial score (nSPS) is 12.6. The van der Waals surface area contributed by atoms with Crippen LogP contribution in [0, 0.1) is 0 Å². The first kappa shape index (κ1) is 17.3. The molecule has 0 fully saturated rings. The third-order valence-corrected chi connectivity index (χ3v) is 6.96. The highest BCUT2D eigenvalue weighted by molar-refractivity contribution is 8.05. The number of para-hydroxylation sites is 4. The van der Waals surface area contributed by atoms with Crippen LogP contribution in [0.15, 0.2) is 117 Å². The maximum atomic E-state index is 5.71. The second-order valence-electron chi connectivity index (χ2n) is 6.32. The third-order valence-electron chi connectivity index (χ3n) is 4.40. The van der Waals surface area contributed by atoms with Gasteiger partial charge in [-0.15, -0.1) is 0 Å². The van der Waals surface area contributed by atoms with E-state index >= 15 is 0 Å². The molecule has 1 N–H and O–H groups in total. The minimum absolute atomic E-state index is 0.881. The standard InChI is InChI=1S/C12H9NO.C12H8S2/c1-3-7-11-9(5-1)13-10-6-2-4-8-12(10)14-11;1-2-6-10-9(5-1)13-11-7-3-4-8-12(11)14-10/h1-8,13H;1-8H. The van der Waals surface area contributed by atoms with E-state index in [1.54, 1.807) is 0 Å². The molecule has 4 aromatic carbocycles. The molecule has 0 aliphatic carbocycles. The van der Waals surface area contributed by atoms with Crippen molar-refractivity contribution in [1.29, 1.82) is 0 Å². The monoisotopic (exact) mass is 399 g/mol. The van der Waals surface area contributed by atoms with Crippen molar-refractivity contribution in [1.82, 2.24) is 0 Å². The predicted molar refractivity (Wildman–Crippen MR) is 117 cm³/mol. The molecule has 0 saturated heterocycles. The molecular weight excluding hydrogens is 382 g/mol. The number of ether oxygens (including phenoxy) is 1. The van der Waals surface area contributed by atoms with Crippen LogP contribution in [0.1, 0.15) is 0 Å². The van der Waals surface area contributed by atoms with Gasteiger partial charge in [-0.05, 0) is 48.5 Å². The van der Waals surface area contributed by atoms with Gasteiger partial charge in [0.25, 0.3) is 0 Å². The molecule has 0 aromatic heterocycles. The fourth-order valence-electron chi connectivity index (χ4n) is 3.06. The zero-order chi connectivity index (χ0) is 18.8. The first-order chi connectivity index (χ1) is 13.9. The Morgan fingerprint density at radius 2 is 0.821 bits per heavy atom. The summed E-state index contributed by atoms with van der Waals surface area (Å²) in [6.45, 7) is 0. The van der Waals surface area contributed by atoms with Crippen molar-refractivity contribution < 1.29 is 4.74 Å². The number of benzene rings is 4. The molecule has 2 aliphatic heterocycles. The summed E-state index contributed by atoms with van der Waals surface area (Å²) in [6, 6.07) is 33.0. The molecule has 2 aliphatic rings. The molecule has 0 radical (unpaired) electrons. The third kappa shape index (κ3) is 3.49. The second-order valence-corrected chi connectivity index (χ2v) is 8.48. The first-order valence-corrected chi connectivity index (χ1v) is 10.7.